The van der Waals surface area contributed by atoms with Gasteiger partial charge in [0, 0.05) is 18.9 Å². The molecule has 2 N–H and O–H groups in total. The van der Waals surface area contributed by atoms with Crippen molar-refractivity contribution in [3.05, 3.63) is 23.8 Å². The molecular formula is C18H29N2O3+. The molecule has 2 rings (SSSR count). The summed E-state index contributed by atoms with van der Waals surface area (Å²) in [6.45, 7) is 6.99. The fourth-order valence-corrected chi connectivity index (χ4v) is 3.43. The van der Waals surface area contributed by atoms with Crippen molar-refractivity contribution in [2.45, 2.75) is 51.7 Å². The van der Waals surface area contributed by atoms with Crippen molar-refractivity contribution >= 4 is 5.91 Å². The predicted octanol–water partition coefficient (Wildman–Crippen LogP) is 1.34. The number of quaternary nitrogens is 1. The van der Waals surface area contributed by atoms with Crippen molar-refractivity contribution in [3.8, 4) is 11.5 Å². The van der Waals surface area contributed by atoms with Crippen LogP contribution in [0.4, 0.5) is 0 Å². The maximum absolute atomic E-state index is 12.4. The number of ether oxygens (including phenoxy) is 2. The normalized spacial score (nSPS) is 22.0. The smallest absolute Gasteiger partial charge is 0.278 e. The zero-order chi connectivity index (χ0) is 17.0. The van der Waals surface area contributed by atoms with E-state index in [1.54, 1.807) is 14.2 Å². The molecule has 1 aliphatic heterocycles. The molecule has 1 amide bonds. The van der Waals surface area contributed by atoms with Gasteiger partial charge in [0.2, 0.25) is 0 Å². The number of rotatable bonds is 6. The SMILES string of the molecule is COc1ccc(OC)c([C@H]2CCC[NH+]2[C@H](C)C(=O)NC(C)C)c1. The van der Waals surface area contributed by atoms with Crippen LogP contribution < -0.4 is 19.7 Å². The average Bonchev–Trinajstić information content (AvgIpc) is 3.02. The molecule has 1 aromatic carbocycles. The van der Waals surface area contributed by atoms with E-state index in [1.807, 2.05) is 39.0 Å². The molecule has 0 bridgehead atoms. The van der Waals surface area contributed by atoms with Gasteiger partial charge in [-0.3, -0.25) is 4.79 Å². The fourth-order valence-electron chi connectivity index (χ4n) is 3.43. The molecule has 0 aliphatic carbocycles. The van der Waals surface area contributed by atoms with Crippen molar-refractivity contribution in [1.29, 1.82) is 0 Å². The number of likely N-dealkylation sites (tertiary alicyclic amines) is 1. The van der Waals surface area contributed by atoms with Crippen LogP contribution in [0.3, 0.4) is 0 Å². The second-order valence-corrected chi connectivity index (χ2v) is 6.51. The Hall–Kier alpha value is -1.75. The lowest BCUT2D eigenvalue weighted by Crippen LogP contribution is -3.15. The molecule has 1 saturated heterocycles. The fraction of sp³-hybridized carbons (Fsp3) is 0.611. The second-order valence-electron chi connectivity index (χ2n) is 6.51. The lowest BCUT2D eigenvalue weighted by Gasteiger charge is -2.28. The Kier molecular flexibility index (Phi) is 5.88. The molecule has 1 fully saturated rings. The zero-order valence-electron chi connectivity index (χ0n) is 14.8. The highest BCUT2D eigenvalue weighted by molar-refractivity contribution is 5.80. The highest BCUT2D eigenvalue weighted by Gasteiger charge is 2.38. The summed E-state index contributed by atoms with van der Waals surface area (Å²) in [4.78, 5) is 13.7. The monoisotopic (exact) mass is 321 g/mol. The van der Waals surface area contributed by atoms with Gasteiger partial charge in [0.1, 0.15) is 17.5 Å². The van der Waals surface area contributed by atoms with Gasteiger partial charge in [0.05, 0.1) is 26.3 Å². The third-order valence-electron chi connectivity index (χ3n) is 4.60. The van der Waals surface area contributed by atoms with Gasteiger partial charge < -0.3 is 19.7 Å². The van der Waals surface area contributed by atoms with Crippen LogP contribution in [0.25, 0.3) is 0 Å². The van der Waals surface area contributed by atoms with E-state index in [1.165, 1.54) is 4.90 Å². The highest BCUT2D eigenvalue weighted by Crippen LogP contribution is 2.31. The van der Waals surface area contributed by atoms with E-state index in [9.17, 15) is 4.79 Å². The Morgan fingerprint density at radius 2 is 2.00 bits per heavy atom. The number of hydrogen-bond donors (Lipinski definition) is 2. The molecule has 23 heavy (non-hydrogen) atoms. The van der Waals surface area contributed by atoms with Crippen LogP contribution in [0.5, 0.6) is 11.5 Å². The van der Waals surface area contributed by atoms with Crippen LogP contribution in [-0.4, -0.2) is 38.8 Å². The van der Waals surface area contributed by atoms with Crippen molar-refractivity contribution in [2.24, 2.45) is 0 Å². The van der Waals surface area contributed by atoms with E-state index in [4.69, 9.17) is 9.47 Å². The van der Waals surface area contributed by atoms with Gasteiger partial charge in [-0.1, -0.05) is 0 Å². The summed E-state index contributed by atoms with van der Waals surface area (Å²) in [6.07, 6.45) is 2.16. The second kappa shape index (κ2) is 7.68. The maximum atomic E-state index is 12.4. The van der Waals surface area contributed by atoms with E-state index < -0.39 is 0 Å². The van der Waals surface area contributed by atoms with Crippen LogP contribution in [0, 0.1) is 0 Å². The van der Waals surface area contributed by atoms with Crippen molar-refractivity contribution < 1.29 is 19.2 Å². The van der Waals surface area contributed by atoms with E-state index >= 15 is 0 Å². The molecule has 0 saturated carbocycles. The molecule has 1 aliphatic rings. The van der Waals surface area contributed by atoms with Crippen LogP contribution in [-0.2, 0) is 4.79 Å². The minimum Gasteiger partial charge on any atom is -0.497 e. The van der Waals surface area contributed by atoms with E-state index in [2.05, 4.69) is 5.32 Å². The maximum Gasteiger partial charge on any atom is 0.278 e. The molecule has 1 aromatic rings. The van der Waals surface area contributed by atoms with E-state index in [0.29, 0.717) is 0 Å². The molecule has 1 unspecified atom stereocenters. The number of amides is 1. The van der Waals surface area contributed by atoms with Crippen LogP contribution in [0.1, 0.15) is 45.2 Å². The average molecular weight is 321 g/mol. The van der Waals surface area contributed by atoms with Crippen LogP contribution in [0.15, 0.2) is 18.2 Å². The van der Waals surface area contributed by atoms with Crippen molar-refractivity contribution in [1.82, 2.24) is 5.32 Å². The topological polar surface area (TPSA) is 52.0 Å². The van der Waals surface area contributed by atoms with Gasteiger partial charge >= 0.3 is 0 Å². The lowest BCUT2D eigenvalue weighted by atomic mass is 10.0. The van der Waals surface area contributed by atoms with E-state index in [0.717, 1.165) is 36.4 Å². The van der Waals surface area contributed by atoms with Crippen LogP contribution >= 0.6 is 0 Å². The Labute approximate surface area is 139 Å². The molecule has 128 valence electrons. The number of nitrogens with one attached hydrogen (secondary N) is 2. The molecule has 3 atom stereocenters. The van der Waals surface area contributed by atoms with Gasteiger partial charge in [-0.2, -0.15) is 0 Å². The minimum absolute atomic E-state index is 0.0826. The number of benzene rings is 1. The summed E-state index contributed by atoms with van der Waals surface area (Å²) in [5, 5.41) is 3.03. The number of methoxy groups -OCH3 is 2. The molecule has 0 aromatic heterocycles. The van der Waals surface area contributed by atoms with Crippen molar-refractivity contribution in [3.63, 3.8) is 0 Å². The van der Waals surface area contributed by atoms with Gasteiger partial charge in [0.15, 0.2) is 6.04 Å². The Balaban J connectivity index is 2.26. The summed E-state index contributed by atoms with van der Waals surface area (Å²) < 4.78 is 10.9. The number of carbonyl (C=O) groups is 1. The molecule has 5 heteroatoms. The summed E-state index contributed by atoms with van der Waals surface area (Å²) in [7, 11) is 3.36. The van der Waals surface area contributed by atoms with Gasteiger partial charge in [-0.05, 0) is 39.0 Å². The first kappa shape index (κ1) is 17.6. The van der Waals surface area contributed by atoms with Crippen molar-refractivity contribution in [2.75, 3.05) is 20.8 Å². The van der Waals surface area contributed by atoms with Gasteiger partial charge in [-0.15, -0.1) is 0 Å². The first-order valence-corrected chi connectivity index (χ1v) is 8.35. The van der Waals surface area contributed by atoms with E-state index in [-0.39, 0.29) is 24.0 Å². The Bertz CT molecular complexity index is 545. The summed E-state index contributed by atoms with van der Waals surface area (Å²) in [5.41, 5.74) is 1.13. The number of carbonyl (C=O) groups excluding carboxylic acids is 1. The summed E-state index contributed by atoms with van der Waals surface area (Å²) in [5.74, 6) is 1.81. The largest absolute Gasteiger partial charge is 0.497 e. The first-order chi connectivity index (χ1) is 11.0. The third-order valence-corrected chi connectivity index (χ3v) is 4.60. The summed E-state index contributed by atoms with van der Waals surface area (Å²) >= 11 is 0. The zero-order valence-corrected chi connectivity index (χ0v) is 14.8. The highest BCUT2D eigenvalue weighted by atomic mass is 16.5. The molecular weight excluding hydrogens is 292 g/mol. The standard InChI is InChI=1S/C18H28N2O3/c1-12(2)19-18(21)13(3)20-10-6-7-16(20)15-11-14(22-4)8-9-17(15)23-5/h8-9,11-13,16H,6-7,10H2,1-5H3,(H,19,21)/p+1/t13-,16-/m1/s1. The quantitative estimate of drug-likeness (QED) is 0.831. The lowest BCUT2D eigenvalue weighted by molar-refractivity contribution is -0.932. The minimum atomic E-state index is -0.0826. The predicted molar refractivity (Wildman–Crippen MR) is 90.1 cm³/mol. The molecule has 0 radical (unpaired) electrons. The Morgan fingerprint density at radius 3 is 2.61 bits per heavy atom. The van der Waals surface area contributed by atoms with Gasteiger partial charge in [0.25, 0.3) is 5.91 Å². The van der Waals surface area contributed by atoms with Crippen LogP contribution in [0.2, 0.25) is 0 Å². The molecule has 5 nitrogen and oxygen atoms in total. The molecule has 0 spiro atoms. The molecule has 1 heterocycles. The third kappa shape index (κ3) is 3.96. The number of hydrogen-bond acceptors (Lipinski definition) is 3. The van der Waals surface area contributed by atoms with Gasteiger partial charge in [-0.25, -0.2) is 0 Å². The first-order valence-electron chi connectivity index (χ1n) is 8.35. The Morgan fingerprint density at radius 1 is 1.26 bits per heavy atom. The summed E-state index contributed by atoms with van der Waals surface area (Å²) in [6, 6.07) is 6.24.